The van der Waals surface area contributed by atoms with E-state index in [1.54, 1.807) is 10.9 Å². The first kappa shape index (κ1) is 17.3. The van der Waals surface area contributed by atoms with E-state index >= 15 is 0 Å². The Balaban J connectivity index is 1.74. The van der Waals surface area contributed by atoms with Gasteiger partial charge in [-0.05, 0) is 36.8 Å². The van der Waals surface area contributed by atoms with Crippen molar-refractivity contribution in [2.24, 2.45) is 0 Å². The second-order valence-corrected chi connectivity index (χ2v) is 6.62. The summed E-state index contributed by atoms with van der Waals surface area (Å²) in [5, 5.41) is 7.23. The van der Waals surface area contributed by atoms with Gasteiger partial charge in [0, 0.05) is 17.9 Å². The molecule has 27 heavy (non-hydrogen) atoms. The van der Waals surface area contributed by atoms with E-state index < -0.39 is 11.7 Å². The Hall–Kier alpha value is -3.09. The van der Waals surface area contributed by atoms with Crippen molar-refractivity contribution in [2.75, 3.05) is 5.32 Å². The molecule has 0 aliphatic carbocycles. The van der Waals surface area contributed by atoms with Crippen molar-refractivity contribution in [1.82, 2.24) is 9.78 Å². The lowest BCUT2D eigenvalue weighted by Gasteiger charge is -2.24. The molecular weight excluding hydrogens is 355 g/mol. The van der Waals surface area contributed by atoms with Gasteiger partial charge in [0.15, 0.2) is 0 Å². The number of rotatable bonds is 2. The zero-order valence-electron chi connectivity index (χ0n) is 14.4. The highest BCUT2D eigenvalue weighted by molar-refractivity contribution is 5.94. The van der Waals surface area contributed by atoms with Crippen LogP contribution in [0.5, 0.6) is 0 Å². The predicted octanol–water partition coefficient (Wildman–Crippen LogP) is 4.67. The zero-order valence-corrected chi connectivity index (χ0v) is 14.4. The van der Waals surface area contributed by atoms with E-state index in [1.165, 1.54) is 12.1 Å². The Morgan fingerprint density at radius 1 is 1.07 bits per heavy atom. The van der Waals surface area contributed by atoms with Crippen molar-refractivity contribution in [3.05, 3.63) is 77.0 Å². The van der Waals surface area contributed by atoms with Crippen LogP contribution in [0, 0.1) is 6.92 Å². The molecule has 138 valence electrons. The summed E-state index contributed by atoms with van der Waals surface area (Å²) < 4.78 is 40.1. The molecule has 2 heterocycles. The molecule has 1 atom stereocenters. The normalized spacial score (nSPS) is 16.7. The Labute approximate surface area is 153 Å². The molecule has 0 saturated carbocycles. The average molecular weight is 371 g/mol. The van der Waals surface area contributed by atoms with Gasteiger partial charge in [-0.2, -0.15) is 18.3 Å². The van der Waals surface area contributed by atoms with Crippen LogP contribution in [-0.4, -0.2) is 15.7 Å². The molecule has 1 amide bonds. The summed E-state index contributed by atoms with van der Waals surface area (Å²) in [6.45, 7) is 1.98. The van der Waals surface area contributed by atoms with Crippen LogP contribution in [0.15, 0.2) is 54.7 Å². The number of nitrogens with zero attached hydrogens (tertiary/aromatic N) is 2. The summed E-state index contributed by atoms with van der Waals surface area (Å²) in [7, 11) is 0. The maximum absolute atomic E-state index is 12.8. The number of aryl methyl sites for hydroxylation is 1. The van der Waals surface area contributed by atoms with Gasteiger partial charge < -0.3 is 5.32 Å². The average Bonchev–Trinajstić information content (AvgIpc) is 3.05. The standard InChI is InChI=1S/C20H16F3N3O/c1-12-2-8-15(9-3-12)26-19-17(11-24-26)16(10-18(27)25-19)13-4-6-14(7-5-13)20(21,22)23/h2-9,11,16H,10H2,1H3,(H,25,27)/t16-/m1/s1. The second-order valence-electron chi connectivity index (χ2n) is 6.62. The van der Waals surface area contributed by atoms with E-state index in [2.05, 4.69) is 10.4 Å². The summed E-state index contributed by atoms with van der Waals surface area (Å²) in [4.78, 5) is 12.2. The largest absolute Gasteiger partial charge is 0.416 e. The van der Waals surface area contributed by atoms with Gasteiger partial charge in [0.25, 0.3) is 0 Å². The minimum atomic E-state index is -4.38. The van der Waals surface area contributed by atoms with E-state index in [1.807, 2.05) is 31.2 Å². The van der Waals surface area contributed by atoms with Crippen LogP contribution in [0.2, 0.25) is 0 Å². The first-order valence-corrected chi connectivity index (χ1v) is 8.45. The molecule has 7 heteroatoms. The highest BCUT2D eigenvalue weighted by Crippen LogP contribution is 2.39. The Morgan fingerprint density at radius 3 is 2.37 bits per heavy atom. The summed E-state index contributed by atoms with van der Waals surface area (Å²) in [6.07, 6.45) is -2.56. The zero-order chi connectivity index (χ0) is 19.2. The van der Waals surface area contributed by atoms with Gasteiger partial charge in [-0.25, -0.2) is 4.68 Å². The number of carbonyl (C=O) groups is 1. The first-order chi connectivity index (χ1) is 12.8. The summed E-state index contributed by atoms with van der Waals surface area (Å²) in [6, 6.07) is 12.6. The number of alkyl halides is 3. The van der Waals surface area contributed by atoms with E-state index in [-0.39, 0.29) is 18.2 Å². The van der Waals surface area contributed by atoms with Crippen molar-refractivity contribution >= 4 is 11.7 Å². The number of hydrogen-bond donors (Lipinski definition) is 1. The number of amides is 1. The lowest BCUT2D eigenvalue weighted by molar-refractivity contribution is -0.137. The number of benzene rings is 2. The maximum atomic E-state index is 12.8. The second kappa shape index (κ2) is 6.26. The molecule has 0 unspecified atom stereocenters. The van der Waals surface area contributed by atoms with Crippen molar-refractivity contribution in [1.29, 1.82) is 0 Å². The molecule has 4 rings (SSSR count). The molecule has 1 N–H and O–H groups in total. The lowest BCUT2D eigenvalue weighted by Crippen LogP contribution is -2.24. The maximum Gasteiger partial charge on any atom is 0.416 e. The third-order valence-corrected chi connectivity index (χ3v) is 4.74. The number of aromatic nitrogens is 2. The molecule has 3 aromatic rings. The van der Waals surface area contributed by atoms with Gasteiger partial charge in [0.2, 0.25) is 5.91 Å². The van der Waals surface area contributed by atoms with Crippen LogP contribution in [0.25, 0.3) is 5.69 Å². The van der Waals surface area contributed by atoms with Crippen molar-refractivity contribution in [3.63, 3.8) is 0 Å². The molecule has 4 nitrogen and oxygen atoms in total. The Kier molecular flexibility index (Phi) is 4.02. The van der Waals surface area contributed by atoms with Crippen molar-refractivity contribution < 1.29 is 18.0 Å². The number of anilines is 1. The number of halogens is 3. The fourth-order valence-corrected chi connectivity index (χ4v) is 3.30. The van der Waals surface area contributed by atoms with Crippen LogP contribution in [0.4, 0.5) is 19.0 Å². The van der Waals surface area contributed by atoms with Gasteiger partial charge in [-0.15, -0.1) is 0 Å². The van der Waals surface area contributed by atoms with Crippen LogP contribution < -0.4 is 5.32 Å². The summed E-state index contributed by atoms with van der Waals surface area (Å²) in [5.74, 6) is 0.0245. The third kappa shape index (κ3) is 3.20. The molecule has 0 bridgehead atoms. The van der Waals surface area contributed by atoms with Crippen LogP contribution >= 0.6 is 0 Å². The SMILES string of the molecule is Cc1ccc(-n2ncc3c2NC(=O)C[C@@H]3c2ccc(C(F)(F)F)cc2)cc1. The molecular formula is C20H16F3N3O. The molecule has 1 aliphatic heterocycles. The van der Waals surface area contributed by atoms with Crippen LogP contribution in [-0.2, 0) is 11.0 Å². The Bertz CT molecular complexity index is 989. The number of carbonyl (C=O) groups excluding carboxylic acids is 1. The molecule has 0 saturated heterocycles. The number of nitrogens with one attached hydrogen (secondary N) is 1. The van der Waals surface area contributed by atoms with Gasteiger partial charge in [-0.3, -0.25) is 4.79 Å². The smallest absolute Gasteiger partial charge is 0.310 e. The highest BCUT2D eigenvalue weighted by Gasteiger charge is 2.33. The van der Waals surface area contributed by atoms with E-state index in [9.17, 15) is 18.0 Å². The van der Waals surface area contributed by atoms with E-state index in [0.29, 0.717) is 11.4 Å². The Morgan fingerprint density at radius 2 is 1.74 bits per heavy atom. The minimum Gasteiger partial charge on any atom is -0.310 e. The number of hydrogen-bond acceptors (Lipinski definition) is 2. The van der Waals surface area contributed by atoms with Crippen molar-refractivity contribution in [3.8, 4) is 5.69 Å². The molecule has 0 fully saturated rings. The third-order valence-electron chi connectivity index (χ3n) is 4.74. The molecule has 2 aromatic carbocycles. The molecule has 0 spiro atoms. The lowest BCUT2D eigenvalue weighted by atomic mass is 9.87. The molecule has 0 radical (unpaired) electrons. The highest BCUT2D eigenvalue weighted by atomic mass is 19.4. The monoisotopic (exact) mass is 371 g/mol. The molecule has 1 aromatic heterocycles. The molecule has 1 aliphatic rings. The van der Waals surface area contributed by atoms with Crippen LogP contribution in [0.1, 0.15) is 34.6 Å². The van der Waals surface area contributed by atoms with Gasteiger partial charge in [-0.1, -0.05) is 29.8 Å². The van der Waals surface area contributed by atoms with Gasteiger partial charge >= 0.3 is 6.18 Å². The quantitative estimate of drug-likeness (QED) is 0.711. The summed E-state index contributed by atoms with van der Waals surface area (Å²) >= 11 is 0. The van der Waals surface area contributed by atoms with E-state index in [4.69, 9.17) is 0 Å². The first-order valence-electron chi connectivity index (χ1n) is 8.45. The fourth-order valence-electron chi connectivity index (χ4n) is 3.30. The van der Waals surface area contributed by atoms with Crippen molar-refractivity contribution in [2.45, 2.75) is 25.4 Å². The van der Waals surface area contributed by atoms with E-state index in [0.717, 1.165) is 28.9 Å². The topological polar surface area (TPSA) is 46.9 Å². The fraction of sp³-hybridized carbons (Fsp3) is 0.200. The minimum absolute atomic E-state index is 0.165. The number of fused-ring (bicyclic) bond motifs is 1. The van der Waals surface area contributed by atoms with Gasteiger partial charge in [0.05, 0.1) is 17.4 Å². The van der Waals surface area contributed by atoms with Gasteiger partial charge in [0.1, 0.15) is 5.82 Å². The predicted molar refractivity (Wildman–Crippen MR) is 94.8 cm³/mol. The summed E-state index contributed by atoms with van der Waals surface area (Å²) in [5.41, 5.74) is 2.64. The van der Waals surface area contributed by atoms with Crippen LogP contribution in [0.3, 0.4) is 0 Å².